The summed E-state index contributed by atoms with van der Waals surface area (Å²) in [5.74, 6) is -0.516. The highest BCUT2D eigenvalue weighted by Gasteiger charge is 2.31. The molecule has 0 aliphatic heterocycles. The highest BCUT2D eigenvalue weighted by molar-refractivity contribution is 7.16. The van der Waals surface area contributed by atoms with Crippen molar-refractivity contribution in [2.75, 3.05) is 10.6 Å². The van der Waals surface area contributed by atoms with Crippen molar-refractivity contribution in [2.24, 2.45) is 0 Å². The first-order valence-electron chi connectivity index (χ1n) is 10.2. The van der Waals surface area contributed by atoms with Crippen LogP contribution in [0.4, 0.5) is 10.8 Å². The fraction of sp³-hybridized carbons (Fsp3) is 0.292. The molecule has 0 radical (unpaired) electrons. The van der Waals surface area contributed by atoms with Gasteiger partial charge in [-0.15, -0.1) is 11.3 Å². The maximum atomic E-state index is 13.0. The number of amides is 2. The highest BCUT2D eigenvalue weighted by Crippen LogP contribution is 2.37. The first-order valence-corrected chi connectivity index (χ1v) is 11.0. The summed E-state index contributed by atoms with van der Waals surface area (Å²) in [4.78, 5) is 31.3. The lowest BCUT2D eigenvalue weighted by Crippen LogP contribution is -2.25. The van der Waals surface area contributed by atoms with E-state index in [1.54, 1.807) is 12.1 Å². The molecule has 1 atom stereocenters. The van der Waals surface area contributed by atoms with E-state index in [9.17, 15) is 9.59 Å². The quantitative estimate of drug-likeness (QED) is 0.596. The molecule has 1 aliphatic rings. The second-order valence-corrected chi connectivity index (χ2v) is 8.98. The molecule has 154 valence electrons. The van der Waals surface area contributed by atoms with Gasteiger partial charge in [0.05, 0.1) is 11.6 Å². The summed E-state index contributed by atoms with van der Waals surface area (Å²) in [7, 11) is 0. The van der Waals surface area contributed by atoms with E-state index in [0.717, 1.165) is 46.6 Å². The normalized spacial score (nSPS) is 15.4. The smallest absolute Gasteiger partial charge is 0.257 e. The average Bonchev–Trinajstić information content (AvgIpc) is 3.12. The molecule has 6 heteroatoms. The van der Waals surface area contributed by atoms with Crippen LogP contribution in [0.15, 0.2) is 42.5 Å². The number of rotatable bonds is 4. The maximum absolute atomic E-state index is 13.0. The molecule has 0 spiro atoms. The van der Waals surface area contributed by atoms with E-state index in [4.69, 9.17) is 0 Å². The lowest BCUT2D eigenvalue weighted by molar-refractivity contribution is -0.117. The third kappa shape index (κ3) is 4.28. The first-order chi connectivity index (χ1) is 14.4. The van der Waals surface area contributed by atoms with Gasteiger partial charge in [0.2, 0.25) is 5.91 Å². The Hall–Kier alpha value is -2.99. The summed E-state index contributed by atoms with van der Waals surface area (Å²) in [5.41, 5.74) is 5.54. The van der Waals surface area contributed by atoms with Crippen LogP contribution in [-0.2, 0) is 11.2 Å². The summed E-state index contributed by atoms with van der Waals surface area (Å²) in [5, 5.41) is 6.52. The number of anilines is 2. The Labute approximate surface area is 180 Å². The van der Waals surface area contributed by atoms with E-state index in [0.29, 0.717) is 10.7 Å². The van der Waals surface area contributed by atoms with E-state index in [2.05, 4.69) is 21.7 Å². The molecule has 30 heavy (non-hydrogen) atoms. The molecule has 0 bridgehead atoms. The van der Waals surface area contributed by atoms with Gasteiger partial charge in [-0.05, 0) is 63.8 Å². The van der Waals surface area contributed by atoms with Crippen LogP contribution < -0.4 is 10.6 Å². The molecule has 2 amide bonds. The number of benzene rings is 2. The second kappa shape index (κ2) is 8.40. The molecule has 2 N–H and O–H groups in total. The lowest BCUT2D eigenvalue weighted by atomic mass is 9.90. The van der Waals surface area contributed by atoms with Gasteiger partial charge < -0.3 is 5.32 Å². The number of fused-ring (bicyclic) bond motifs is 1. The molecule has 0 saturated carbocycles. The molecule has 1 heterocycles. The largest absolute Gasteiger partial charge is 0.325 e. The Morgan fingerprint density at radius 3 is 2.47 bits per heavy atom. The van der Waals surface area contributed by atoms with Gasteiger partial charge in [-0.2, -0.15) is 0 Å². The summed E-state index contributed by atoms with van der Waals surface area (Å²) < 4.78 is 0. The number of carbonyl (C=O) groups excluding carboxylic acids is 2. The summed E-state index contributed by atoms with van der Waals surface area (Å²) in [6.45, 7) is 6.02. The molecule has 1 aliphatic carbocycles. The number of nitrogens with zero attached hydrogens (tertiary/aromatic N) is 1. The van der Waals surface area contributed by atoms with Crippen LogP contribution in [0.5, 0.6) is 0 Å². The van der Waals surface area contributed by atoms with E-state index < -0.39 is 0 Å². The Bertz CT molecular complexity index is 1100. The Kier molecular flexibility index (Phi) is 5.68. The molecule has 1 aromatic heterocycles. The van der Waals surface area contributed by atoms with Gasteiger partial charge in [-0.1, -0.05) is 35.4 Å². The molecule has 4 rings (SSSR count). The molecule has 3 aromatic rings. The first kappa shape index (κ1) is 20.3. The van der Waals surface area contributed by atoms with E-state index in [1.807, 2.05) is 45.0 Å². The number of hydrogen-bond acceptors (Lipinski definition) is 4. The van der Waals surface area contributed by atoms with Crippen molar-refractivity contribution in [3.05, 3.63) is 75.3 Å². The van der Waals surface area contributed by atoms with Crippen molar-refractivity contribution in [3.63, 3.8) is 0 Å². The minimum Gasteiger partial charge on any atom is -0.325 e. The van der Waals surface area contributed by atoms with Crippen LogP contribution in [0, 0.1) is 20.8 Å². The lowest BCUT2D eigenvalue weighted by Gasteiger charge is -2.21. The van der Waals surface area contributed by atoms with Crippen LogP contribution in [0.25, 0.3) is 0 Å². The molecular weight excluding hydrogens is 394 g/mol. The van der Waals surface area contributed by atoms with Crippen molar-refractivity contribution in [3.8, 4) is 0 Å². The molecule has 2 aromatic carbocycles. The van der Waals surface area contributed by atoms with Gasteiger partial charge in [0.25, 0.3) is 5.91 Å². The van der Waals surface area contributed by atoms with Crippen molar-refractivity contribution in [1.29, 1.82) is 0 Å². The predicted molar refractivity (Wildman–Crippen MR) is 121 cm³/mol. The third-order valence-corrected chi connectivity index (χ3v) is 6.49. The molecule has 0 fully saturated rings. The molecule has 5 nitrogen and oxygen atoms in total. The average molecular weight is 420 g/mol. The Balaban J connectivity index is 1.51. The van der Waals surface area contributed by atoms with Crippen LogP contribution in [0.1, 0.15) is 56.4 Å². The zero-order valence-corrected chi connectivity index (χ0v) is 18.2. The summed E-state index contributed by atoms with van der Waals surface area (Å²) >= 11 is 1.47. The fourth-order valence-electron chi connectivity index (χ4n) is 3.78. The predicted octanol–water partition coefficient (Wildman–Crippen LogP) is 5.38. The van der Waals surface area contributed by atoms with Gasteiger partial charge in [0.1, 0.15) is 0 Å². The van der Waals surface area contributed by atoms with Gasteiger partial charge in [-0.25, -0.2) is 4.98 Å². The summed E-state index contributed by atoms with van der Waals surface area (Å²) in [6, 6.07) is 13.4. The number of nitrogens with one attached hydrogen (secondary N) is 2. The SMILES string of the molecule is Cc1ccc(C(=O)Nc2nc3c(s2)CCCC3C(=O)Nc2ccc(C)cc2C)cc1. The van der Waals surface area contributed by atoms with E-state index in [1.165, 1.54) is 16.9 Å². The van der Waals surface area contributed by atoms with Crippen molar-refractivity contribution < 1.29 is 9.59 Å². The van der Waals surface area contributed by atoms with Crippen molar-refractivity contribution in [1.82, 2.24) is 4.98 Å². The van der Waals surface area contributed by atoms with Gasteiger partial charge in [-0.3, -0.25) is 14.9 Å². The number of aromatic nitrogens is 1. The van der Waals surface area contributed by atoms with Crippen molar-refractivity contribution >= 4 is 34.0 Å². The zero-order chi connectivity index (χ0) is 21.3. The minimum atomic E-state index is -0.296. The van der Waals surface area contributed by atoms with E-state index in [-0.39, 0.29) is 17.7 Å². The van der Waals surface area contributed by atoms with Gasteiger partial charge in [0.15, 0.2) is 5.13 Å². The second-order valence-electron chi connectivity index (χ2n) is 7.90. The van der Waals surface area contributed by atoms with Crippen molar-refractivity contribution in [2.45, 2.75) is 46.0 Å². The minimum absolute atomic E-state index is 0.0374. The Morgan fingerprint density at radius 2 is 1.73 bits per heavy atom. The van der Waals surface area contributed by atoms with Gasteiger partial charge >= 0.3 is 0 Å². The van der Waals surface area contributed by atoms with Crippen LogP contribution in [0.2, 0.25) is 0 Å². The monoisotopic (exact) mass is 419 g/mol. The third-order valence-electron chi connectivity index (χ3n) is 5.44. The van der Waals surface area contributed by atoms with Crippen LogP contribution in [0.3, 0.4) is 0 Å². The van der Waals surface area contributed by atoms with Crippen LogP contribution in [-0.4, -0.2) is 16.8 Å². The zero-order valence-electron chi connectivity index (χ0n) is 17.4. The van der Waals surface area contributed by atoms with Crippen LogP contribution >= 0.6 is 11.3 Å². The Morgan fingerprint density at radius 1 is 1.00 bits per heavy atom. The number of aryl methyl sites for hydroxylation is 4. The molecule has 1 unspecified atom stereocenters. The number of thiazole rings is 1. The van der Waals surface area contributed by atoms with E-state index >= 15 is 0 Å². The number of hydrogen-bond donors (Lipinski definition) is 2. The number of carbonyl (C=O) groups is 2. The van der Waals surface area contributed by atoms with Gasteiger partial charge in [0, 0.05) is 16.1 Å². The standard InChI is InChI=1S/C24H25N3O2S/c1-14-7-10-17(11-8-14)22(28)27-24-26-21-18(5-4-6-20(21)30-24)23(29)25-19-12-9-15(2)13-16(19)3/h7-13,18H,4-6H2,1-3H3,(H,25,29)(H,26,27,28). The molecular formula is C24H25N3O2S. The topological polar surface area (TPSA) is 71.1 Å². The fourth-order valence-corrected chi connectivity index (χ4v) is 4.84. The summed E-state index contributed by atoms with van der Waals surface area (Å²) in [6.07, 6.45) is 2.59. The highest BCUT2D eigenvalue weighted by atomic mass is 32.1. The molecule has 0 saturated heterocycles. The maximum Gasteiger partial charge on any atom is 0.257 e.